The van der Waals surface area contributed by atoms with Crippen LogP contribution in [0.2, 0.25) is 0 Å². The van der Waals surface area contributed by atoms with Gasteiger partial charge in [-0.15, -0.1) is 0 Å². The van der Waals surface area contributed by atoms with E-state index in [1.807, 2.05) is 37.3 Å². The van der Waals surface area contributed by atoms with Crippen LogP contribution in [0.25, 0.3) is 6.08 Å². The molecule has 0 aromatic heterocycles. The third kappa shape index (κ3) is 4.98. The SMILES string of the molecule is CC(=O)N/C(=C/c1ccccc1OCc1cccc(C)c1)C(=O)O. The van der Waals surface area contributed by atoms with Gasteiger partial charge in [0.25, 0.3) is 0 Å². The molecule has 1 amide bonds. The minimum Gasteiger partial charge on any atom is -0.488 e. The number of aryl methyl sites for hydroxylation is 1. The topological polar surface area (TPSA) is 75.6 Å². The van der Waals surface area contributed by atoms with Crippen LogP contribution in [0.4, 0.5) is 0 Å². The van der Waals surface area contributed by atoms with Gasteiger partial charge in [-0.2, -0.15) is 0 Å². The lowest BCUT2D eigenvalue weighted by Crippen LogP contribution is -2.24. The molecule has 0 heterocycles. The van der Waals surface area contributed by atoms with Crippen LogP contribution < -0.4 is 10.1 Å². The molecule has 2 aromatic carbocycles. The van der Waals surface area contributed by atoms with Gasteiger partial charge >= 0.3 is 5.97 Å². The Morgan fingerprint density at radius 3 is 2.58 bits per heavy atom. The van der Waals surface area contributed by atoms with Gasteiger partial charge in [0, 0.05) is 12.5 Å². The normalized spacial score (nSPS) is 11.0. The number of hydrogen-bond donors (Lipinski definition) is 2. The van der Waals surface area contributed by atoms with Gasteiger partial charge in [-0.25, -0.2) is 4.79 Å². The predicted molar refractivity (Wildman–Crippen MR) is 91.4 cm³/mol. The number of carboxylic acids is 1. The smallest absolute Gasteiger partial charge is 0.352 e. The number of ether oxygens (including phenoxy) is 1. The van der Waals surface area contributed by atoms with E-state index in [4.69, 9.17) is 4.74 Å². The number of carboxylic acid groups (broad SMARTS) is 1. The zero-order valence-corrected chi connectivity index (χ0v) is 13.6. The van der Waals surface area contributed by atoms with Crippen LogP contribution in [0, 0.1) is 6.92 Å². The minimum absolute atomic E-state index is 0.200. The summed E-state index contributed by atoms with van der Waals surface area (Å²) in [6.07, 6.45) is 1.38. The van der Waals surface area contributed by atoms with Crippen LogP contribution in [0.15, 0.2) is 54.2 Å². The molecule has 0 fully saturated rings. The number of aliphatic carboxylic acids is 1. The average Bonchev–Trinajstić information content (AvgIpc) is 2.53. The Bertz CT molecular complexity index is 780. The van der Waals surface area contributed by atoms with E-state index in [1.165, 1.54) is 13.0 Å². The molecule has 0 atom stereocenters. The summed E-state index contributed by atoms with van der Waals surface area (Å²) in [4.78, 5) is 22.4. The van der Waals surface area contributed by atoms with Crippen LogP contribution in [0.1, 0.15) is 23.6 Å². The van der Waals surface area contributed by atoms with Gasteiger partial charge in [0.2, 0.25) is 5.91 Å². The largest absolute Gasteiger partial charge is 0.488 e. The highest BCUT2D eigenvalue weighted by Gasteiger charge is 2.11. The van der Waals surface area contributed by atoms with Crippen molar-refractivity contribution in [3.63, 3.8) is 0 Å². The number of benzene rings is 2. The van der Waals surface area contributed by atoms with Gasteiger partial charge in [-0.1, -0.05) is 48.0 Å². The molecule has 0 radical (unpaired) electrons. The Hall–Kier alpha value is -3.08. The summed E-state index contributed by atoms with van der Waals surface area (Å²) >= 11 is 0. The fourth-order valence-corrected chi connectivity index (χ4v) is 2.19. The maximum Gasteiger partial charge on any atom is 0.352 e. The maximum atomic E-state index is 11.2. The first kappa shape index (κ1) is 17.3. The number of carbonyl (C=O) groups excluding carboxylic acids is 1. The van der Waals surface area contributed by atoms with Crippen molar-refractivity contribution < 1.29 is 19.4 Å². The van der Waals surface area contributed by atoms with Crippen LogP contribution in [-0.2, 0) is 16.2 Å². The average molecular weight is 325 g/mol. The molecule has 124 valence electrons. The summed E-state index contributed by atoms with van der Waals surface area (Å²) in [6, 6.07) is 15.0. The van der Waals surface area contributed by atoms with Crippen LogP contribution in [-0.4, -0.2) is 17.0 Å². The first-order valence-corrected chi connectivity index (χ1v) is 7.45. The first-order valence-electron chi connectivity index (χ1n) is 7.45. The summed E-state index contributed by atoms with van der Waals surface area (Å²) in [7, 11) is 0. The van der Waals surface area contributed by atoms with Gasteiger partial charge in [0.15, 0.2) is 0 Å². The molecule has 0 saturated carbocycles. The molecule has 24 heavy (non-hydrogen) atoms. The Kier molecular flexibility index (Phi) is 5.73. The molecule has 0 saturated heterocycles. The van der Waals surface area contributed by atoms with E-state index in [0.29, 0.717) is 17.9 Å². The lowest BCUT2D eigenvalue weighted by molar-refractivity contribution is -0.134. The van der Waals surface area contributed by atoms with E-state index in [0.717, 1.165) is 11.1 Å². The molecule has 2 aromatic rings. The maximum absolute atomic E-state index is 11.2. The minimum atomic E-state index is -1.21. The Labute approximate surface area is 140 Å². The van der Waals surface area contributed by atoms with Gasteiger partial charge in [0.1, 0.15) is 18.1 Å². The summed E-state index contributed by atoms with van der Waals surface area (Å²) < 4.78 is 5.81. The first-order chi connectivity index (χ1) is 11.5. The van der Waals surface area contributed by atoms with Crippen molar-refractivity contribution in [1.29, 1.82) is 0 Å². The molecular weight excluding hydrogens is 306 g/mol. The second kappa shape index (κ2) is 7.97. The molecule has 0 spiro atoms. The standard InChI is InChI=1S/C19H19NO4/c1-13-6-5-7-15(10-13)12-24-18-9-4-3-8-16(18)11-17(19(22)23)20-14(2)21/h3-11H,12H2,1-2H3,(H,20,21)(H,22,23)/b17-11+. The van der Waals surface area contributed by atoms with E-state index >= 15 is 0 Å². The number of rotatable bonds is 6. The van der Waals surface area contributed by atoms with Gasteiger partial charge in [0.05, 0.1) is 0 Å². The lowest BCUT2D eigenvalue weighted by Gasteiger charge is -2.11. The number of carbonyl (C=O) groups is 2. The van der Waals surface area contributed by atoms with E-state index < -0.39 is 11.9 Å². The number of hydrogen-bond acceptors (Lipinski definition) is 3. The quantitative estimate of drug-likeness (QED) is 0.800. The fraction of sp³-hybridized carbons (Fsp3) is 0.158. The molecule has 2 N–H and O–H groups in total. The molecule has 0 aliphatic rings. The molecule has 0 unspecified atom stereocenters. The molecular formula is C19H19NO4. The van der Waals surface area contributed by atoms with Crippen LogP contribution >= 0.6 is 0 Å². The Morgan fingerprint density at radius 1 is 1.17 bits per heavy atom. The Balaban J connectivity index is 2.23. The van der Waals surface area contributed by atoms with Crippen molar-refractivity contribution in [1.82, 2.24) is 5.32 Å². The van der Waals surface area contributed by atoms with E-state index in [2.05, 4.69) is 5.32 Å². The molecule has 5 nitrogen and oxygen atoms in total. The van der Waals surface area contributed by atoms with E-state index in [1.54, 1.807) is 18.2 Å². The van der Waals surface area contributed by atoms with E-state index in [9.17, 15) is 14.7 Å². The molecule has 5 heteroatoms. The van der Waals surface area contributed by atoms with Gasteiger partial charge in [-0.3, -0.25) is 4.79 Å². The number of para-hydroxylation sites is 1. The highest BCUT2D eigenvalue weighted by Crippen LogP contribution is 2.22. The van der Waals surface area contributed by atoms with Crippen LogP contribution in [0.3, 0.4) is 0 Å². The van der Waals surface area contributed by atoms with Crippen molar-refractivity contribution >= 4 is 18.0 Å². The summed E-state index contributed by atoms with van der Waals surface area (Å²) in [5, 5.41) is 11.5. The van der Waals surface area contributed by atoms with Crippen molar-refractivity contribution in [2.24, 2.45) is 0 Å². The summed E-state index contributed by atoms with van der Waals surface area (Å²) in [5.41, 5.74) is 2.54. The van der Waals surface area contributed by atoms with Crippen molar-refractivity contribution in [2.75, 3.05) is 0 Å². The van der Waals surface area contributed by atoms with Gasteiger partial charge < -0.3 is 15.2 Å². The zero-order valence-electron chi connectivity index (χ0n) is 13.6. The molecule has 0 aliphatic heterocycles. The summed E-state index contributed by atoms with van der Waals surface area (Å²) in [5.74, 6) is -1.11. The lowest BCUT2D eigenvalue weighted by atomic mass is 10.1. The van der Waals surface area contributed by atoms with Crippen molar-refractivity contribution in [3.05, 3.63) is 70.9 Å². The Morgan fingerprint density at radius 2 is 1.92 bits per heavy atom. The molecule has 0 bridgehead atoms. The van der Waals surface area contributed by atoms with Gasteiger partial charge in [-0.05, 0) is 24.6 Å². The zero-order chi connectivity index (χ0) is 17.5. The second-order valence-corrected chi connectivity index (χ2v) is 5.36. The van der Waals surface area contributed by atoms with Crippen LogP contribution in [0.5, 0.6) is 5.75 Å². The predicted octanol–water partition coefficient (Wildman–Crippen LogP) is 3.14. The fourth-order valence-electron chi connectivity index (χ4n) is 2.19. The molecule has 0 aliphatic carbocycles. The third-order valence-electron chi connectivity index (χ3n) is 3.24. The number of amides is 1. The highest BCUT2D eigenvalue weighted by molar-refractivity contribution is 5.96. The summed E-state index contributed by atoms with van der Waals surface area (Å²) in [6.45, 7) is 3.64. The van der Waals surface area contributed by atoms with E-state index in [-0.39, 0.29) is 5.70 Å². The second-order valence-electron chi connectivity index (χ2n) is 5.36. The monoisotopic (exact) mass is 325 g/mol. The van der Waals surface area contributed by atoms with Crippen molar-refractivity contribution in [2.45, 2.75) is 20.5 Å². The number of nitrogens with one attached hydrogen (secondary N) is 1. The third-order valence-corrected chi connectivity index (χ3v) is 3.24. The highest BCUT2D eigenvalue weighted by atomic mass is 16.5. The van der Waals surface area contributed by atoms with Crippen molar-refractivity contribution in [3.8, 4) is 5.75 Å². The molecule has 2 rings (SSSR count).